The zero-order valence-corrected chi connectivity index (χ0v) is 12.3. The van der Waals surface area contributed by atoms with E-state index in [0.29, 0.717) is 11.7 Å². The second-order valence-electron chi connectivity index (χ2n) is 5.32. The maximum absolute atomic E-state index is 12.2. The molecule has 0 saturated carbocycles. The molecule has 1 aliphatic rings. The van der Waals surface area contributed by atoms with Crippen molar-refractivity contribution >= 4 is 5.95 Å². The van der Waals surface area contributed by atoms with E-state index in [2.05, 4.69) is 22.1 Å². The van der Waals surface area contributed by atoms with Crippen LogP contribution in [0.2, 0.25) is 0 Å². The maximum Gasteiger partial charge on any atom is 0.255 e. The first-order valence-electron chi connectivity index (χ1n) is 7.12. The lowest BCUT2D eigenvalue weighted by atomic mass is 10.2. The van der Waals surface area contributed by atoms with Crippen molar-refractivity contribution in [2.45, 2.75) is 13.0 Å². The molecule has 1 aliphatic heterocycles. The summed E-state index contributed by atoms with van der Waals surface area (Å²) in [4.78, 5) is 23.1. The van der Waals surface area contributed by atoms with Crippen molar-refractivity contribution < 1.29 is 0 Å². The summed E-state index contributed by atoms with van der Waals surface area (Å²) in [5.74, 6) is 0.725. The van der Waals surface area contributed by atoms with Crippen molar-refractivity contribution in [2.24, 2.45) is 7.05 Å². The molecule has 0 amide bonds. The van der Waals surface area contributed by atoms with Crippen LogP contribution in [0.1, 0.15) is 6.92 Å². The molecule has 6 nitrogen and oxygen atoms in total. The highest BCUT2D eigenvalue weighted by atomic mass is 16.1. The van der Waals surface area contributed by atoms with Crippen LogP contribution in [0.3, 0.4) is 0 Å². The average Bonchev–Trinajstić information content (AvgIpc) is 2.51. The lowest BCUT2D eigenvalue weighted by Gasteiger charge is -2.35. The van der Waals surface area contributed by atoms with Crippen molar-refractivity contribution in [3.63, 3.8) is 0 Å². The monoisotopic (exact) mass is 285 g/mol. The number of anilines is 1. The van der Waals surface area contributed by atoms with Gasteiger partial charge in [-0.3, -0.25) is 14.3 Å². The van der Waals surface area contributed by atoms with Gasteiger partial charge >= 0.3 is 0 Å². The van der Waals surface area contributed by atoms with Crippen molar-refractivity contribution in [3.05, 3.63) is 40.9 Å². The third-order valence-electron chi connectivity index (χ3n) is 3.85. The molecule has 110 valence electrons. The van der Waals surface area contributed by atoms with Crippen molar-refractivity contribution in [1.82, 2.24) is 19.9 Å². The molecular weight excluding hydrogens is 266 g/mol. The molecule has 3 heterocycles. The number of nitrogens with one attached hydrogen (secondary N) is 1. The van der Waals surface area contributed by atoms with Gasteiger partial charge in [0.2, 0.25) is 5.95 Å². The maximum atomic E-state index is 12.2. The highest BCUT2D eigenvalue weighted by molar-refractivity contribution is 5.59. The van der Waals surface area contributed by atoms with Gasteiger partial charge in [-0.2, -0.15) is 0 Å². The summed E-state index contributed by atoms with van der Waals surface area (Å²) in [5, 5.41) is 3.35. The predicted molar refractivity (Wildman–Crippen MR) is 82.4 cm³/mol. The van der Waals surface area contributed by atoms with Crippen LogP contribution in [0.25, 0.3) is 11.3 Å². The number of hydrogen-bond acceptors (Lipinski definition) is 5. The van der Waals surface area contributed by atoms with Crippen LogP contribution in [0.15, 0.2) is 35.4 Å². The molecule has 3 rings (SSSR count). The first kappa shape index (κ1) is 13.8. The second-order valence-corrected chi connectivity index (χ2v) is 5.32. The molecule has 0 aliphatic carbocycles. The van der Waals surface area contributed by atoms with Crippen molar-refractivity contribution in [2.75, 3.05) is 24.5 Å². The Kier molecular flexibility index (Phi) is 3.70. The van der Waals surface area contributed by atoms with E-state index in [9.17, 15) is 4.79 Å². The summed E-state index contributed by atoms with van der Waals surface area (Å²) < 4.78 is 1.62. The minimum Gasteiger partial charge on any atom is -0.337 e. The third kappa shape index (κ3) is 2.67. The van der Waals surface area contributed by atoms with Gasteiger partial charge in [-0.15, -0.1) is 0 Å². The van der Waals surface area contributed by atoms with E-state index in [0.717, 1.165) is 31.1 Å². The molecule has 6 heteroatoms. The first-order valence-corrected chi connectivity index (χ1v) is 7.12. The summed E-state index contributed by atoms with van der Waals surface area (Å²) in [5.41, 5.74) is 1.56. The fraction of sp³-hybridized carbons (Fsp3) is 0.400. The normalized spacial score (nSPS) is 18.8. The van der Waals surface area contributed by atoms with Gasteiger partial charge < -0.3 is 10.2 Å². The van der Waals surface area contributed by atoms with Gasteiger partial charge in [0.25, 0.3) is 5.56 Å². The lowest BCUT2D eigenvalue weighted by Crippen LogP contribution is -2.51. The van der Waals surface area contributed by atoms with Crippen LogP contribution < -0.4 is 15.8 Å². The Morgan fingerprint density at radius 2 is 2.10 bits per heavy atom. The number of piperazine rings is 1. The summed E-state index contributed by atoms with van der Waals surface area (Å²) in [6, 6.07) is 5.62. The number of hydrogen-bond donors (Lipinski definition) is 1. The van der Waals surface area contributed by atoms with Crippen molar-refractivity contribution in [1.29, 1.82) is 0 Å². The predicted octanol–water partition coefficient (Wildman–Crippen LogP) is 0.640. The molecule has 2 aromatic rings. The molecule has 1 fully saturated rings. The molecule has 1 saturated heterocycles. The van der Waals surface area contributed by atoms with Crippen molar-refractivity contribution in [3.8, 4) is 11.3 Å². The molecule has 0 radical (unpaired) electrons. The van der Waals surface area contributed by atoms with Crippen LogP contribution in [0.4, 0.5) is 5.95 Å². The molecule has 2 aromatic heterocycles. The van der Waals surface area contributed by atoms with E-state index < -0.39 is 0 Å². The first-order chi connectivity index (χ1) is 10.2. The summed E-state index contributed by atoms with van der Waals surface area (Å²) in [6.45, 7) is 4.79. The van der Waals surface area contributed by atoms with Gasteiger partial charge in [-0.1, -0.05) is 0 Å². The average molecular weight is 285 g/mol. The Hall–Kier alpha value is -2.21. The standard InChI is InChI=1S/C15H19N5O/c1-11-10-17-7-8-20(11)15-18-13(9-14(21)19(15)2)12-3-5-16-6-4-12/h3-6,9,11,17H,7-8,10H2,1-2H3/t11-/m0/s1. The quantitative estimate of drug-likeness (QED) is 0.877. The van der Waals surface area contributed by atoms with Gasteiger partial charge in [-0.05, 0) is 19.1 Å². The molecule has 0 unspecified atom stereocenters. The molecule has 21 heavy (non-hydrogen) atoms. The SMILES string of the molecule is C[C@H]1CNCCN1c1nc(-c2ccncc2)cc(=O)n1C. The van der Waals surface area contributed by atoms with Gasteiger partial charge in [0.15, 0.2) is 0 Å². The van der Waals surface area contributed by atoms with E-state index in [1.54, 1.807) is 30.1 Å². The molecule has 0 bridgehead atoms. The van der Waals surface area contributed by atoms with Crippen LogP contribution in [-0.4, -0.2) is 40.2 Å². The van der Waals surface area contributed by atoms with Gasteiger partial charge in [0.05, 0.1) is 5.69 Å². The van der Waals surface area contributed by atoms with Gasteiger partial charge in [0.1, 0.15) is 0 Å². The summed E-state index contributed by atoms with van der Waals surface area (Å²) >= 11 is 0. The number of pyridine rings is 1. The van der Waals surface area contributed by atoms with E-state index in [4.69, 9.17) is 4.98 Å². The Balaban J connectivity index is 2.08. The lowest BCUT2D eigenvalue weighted by molar-refractivity contribution is 0.485. The van der Waals surface area contributed by atoms with E-state index in [1.807, 2.05) is 12.1 Å². The number of rotatable bonds is 2. The molecule has 0 spiro atoms. The largest absolute Gasteiger partial charge is 0.337 e. The minimum atomic E-state index is -0.0439. The number of aromatic nitrogens is 3. The Labute approximate surface area is 123 Å². The Morgan fingerprint density at radius 1 is 1.33 bits per heavy atom. The fourth-order valence-electron chi connectivity index (χ4n) is 2.59. The van der Waals surface area contributed by atoms with Crippen LogP contribution in [-0.2, 0) is 7.05 Å². The second kappa shape index (κ2) is 5.65. The summed E-state index contributed by atoms with van der Waals surface area (Å²) in [7, 11) is 1.77. The molecule has 1 N–H and O–H groups in total. The molecule has 1 atom stereocenters. The van der Waals surface area contributed by atoms with Gasteiger partial charge in [-0.25, -0.2) is 4.98 Å². The highest BCUT2D eigenvalue weighted by Gasteiger charge is 2.22. The van der Waals surface area contributed by atoms with E-state index in [-0.39, 0.29) is 5.56 Å². The van der Waals surface area contributed by atoms with Crippen LogP contribution in [0.5, 0.6) is 0 Å². The summed E-state index contributed by atoms with van der Waals surface area (Å²) in [6.07, 6.45) is 3.42. The fourth-order valence-corrected chi connectivity index (χ4v) is 2.59. The number of nitrogens with zero attached hydrogens (tertiary/aromatic N) is 4. The van der Waals surface area contributed by atoms with Crippen LogP contribution >= 0.6 is 0 Å². The zero-order chi connectivity index (χ0) is 14.8. The molecular formula is C15H19N5O. The highest BCUT2D eigenvalue weighted by Crippen LogP contribution is 2.19. The Bertz CT molecular complexity index is 682. The van der Waals surface area contributed by atoms with E-state index in [1.165, 1.54) is 0 Å². The van der Waals surface area contributed by atoms with Crippen LogP contribution in [0, 0.1) is 0 Å². The third-order valence-corrected chi connectivity index (χ3v) is 3.85. The zero-order valence-electron chi connectivity index (χ0n) is 12.3. The van der Waals surface area contributed by atoms with Gasteiger partial charge in [0, 0.05) is 56.7 Å². The topological polar surface area (TPSA) is 63.0 Å². The smallest absolute Gasteiger partial charge is 0.255 e. The Morgan fingerprint density at radius 3 is 2.81 bits per heavy atom. The minimum absolute atomic E-state index is 0.0439. The van der Waals surface area contributed by atoms with E-state index >= 15 is 0 Å². The molecule has 0 aromatic carbocycles.